The molecule has 1 saturated carbocycles. The Labute approximate surface area is 125 Å². The second kappa shape index (κ2) is 5.30. The molecule has 0 radical (unpaired) electrons. The number of benzene rings is 1. The molecule has 112 valence electrons. The molecule has 3 rings (SSSR count). The van der Waals surface area contributed by atoms with Crippen LogP contribution in [0.5, 0.6) is 0 Å². The van der Waals surface area contributed by atoms with Crippen molar-refractivity contribution in [2.45, 2.75) is 57.7 Å². The zero-order valence-electron chi connectivity index (χ0n) is 12.7. The van der Waals surface area contributed by atoms with Crippen LogP contribution in [0.3, 0.4) is 0 Å². The van der Waals surface area contributed by atoms with Crippen LogP contribution in [0.2, 0.25) is 0 Å². The summed E-state index contributed by atoms with van der Waals surface area (Å²) in [5.74, 6) is -0.266. The number of esters is 1. The quantitative estimate of drug-likeness (QED) is 0.845. The van der Waals surface area contributed by atoms with Gasteiger partial charge in [0.05, 0.1) is 0 Å². The highest BCUT2D eigenvalue weighted by Gasteiger charge is 2.49. The van der Waals surface area contributed by atoms with Crippen LogP contribution in [0.25, 0.3) is 0 Å². The summed E-state index contributed by atoms with van der Waals surface area (Å²) in [6.07, 6.45) is 4.17. The van der Waals surface area contributed by atoms with Crippen LogP contribution in [0.4, 0.5) is 0 Å². The van der Waals surface area contributed by atoms with Crippen molar-refractivity contribution in [2.24, 2.45) is 0 Å². The lowest BCUT2D eigenvalue weighted by Gasteiger charge is -2.36. The summed E-state index contributed by atoms with van der Waals surface area (Å²) in [6, 6.07) is 7.83. The van der Waals surface area contributed by atoms with E-state index < -0.39 is 11.7 Å². The van der Waals surface area contributed by atoms with Crippen molar-refractivity contribution in [3.8, 4) is 0 Å². The second-order valence-corrected chi connectivity index (χ2v) is 6.30. The Hall–Kier alpha value is -1.61. The van der Waals surface area contributed by atoms with Gasteiger partial charge in [0, 0.05) is 11.1 Å². The van der Waals surface area contributed by atoms with E-state index in [2.05, 4.69) is 0 Å². The van der Waals surface area contributed by atoms with E-state index in [1.807, 2.05) is 31.2 Å². The van der Waals surface area contributed by atoms with Gasteiger partial charge in [0.25, 0.3) is 0 Å². The minimum Gasteiger partial charge on any atom is -0.451 e. The standard InChI is InChI=1S/C18H22O3/c1-12-6-8-14(9-7-12)16(19)15-13(2)17(20)21-18(15)10-4-3-5-11-18/h6-9,16,19H,3-5,10-11H2,1-2H3. The Bertz CT molecular complexity index is 577. The number of rotatable bonds is 2. The van der Waals surface area contributed by atoms with Crippen LogP contribution in [0.15, 0.2) is 35.4 Å². The average Bonchev–Trinajstić information content (AvgIpc) is 2.71. The molecule has 2 aliphatic rings. The van der Waals surface area contributed by atoms with E-state index in [1.54, 1.807) is 6.92 Å². The highest BCUT2D eigenvalue weighted by molar-refractivity contribution is 5.92. The first-order valence-electron chi connectivity index (χ1n) is 7.73. The predicted octanol–water partition coefficient (Wildman–Crippen LogP) is 3.60. The van der Waals surface area contributed by atoms with E-state index in [0.29, 0.717) is 5.57 Å². The fourth-order valence-electron chi connectivity index (χ4n) is 3.62. The first-order valence-corrected chi connectivity index (χ1v) is 7.73. The third-order valence-electron chi connectivity index (χ3n) is 4.82. The van der Waals surface area contributed by atoms with Crippen molar-refractivity contribution in [3.63, 3.8) is 0 Å². The number of carbonyl (C=O) groups is 1. The lowest BCUT2D eigenvalue weighted by atomic mass is 9.75. The molecule has 1 atom stereocenters. The molecular weight excluding hydrogens is 264 g/mol. The molecule has 1 aliphatic carbocycles. The molecule has 3 nitrogen and oxygen atoms in total. The molecule has 1 heterocycles. The minimum absolute atomic E-state index is 0.266. The summed E-state index contributed by atoms with van der Waals surface area (Å²) in [5.41, 5.74) is 2.80. The van der Waals surface area contributed by atoms with E-state index in [4.69, 9.17) is 4.74 Å². The molecule has 1 spiro atoms. The van der Waals surface area contributed by atoms with Crippen molar-refractivity contribution >= 4 is 5.97 Å². The average molecular weight is 286 g/mol. The minimum atomic E-state index is -0.754. The van der Waals surface area contributed by atoms with Crippen LogP contribution in [0.1, 0.15) is 56.3 Å². The molecule has 1 unspecified atom stereocenters. The summed E-state index contributed by atoms with van der Waals surface area (Å²) in [5, 5.41) is 10.8. The fraction of sp³-hybridized carbons (Fsp3) is 0.500. The van der Waals surface area contributed by atoms with E-state index in [0.717, 1.165) is 42.4 Å². The van der Waals surface area contributed by atoms with Gasteiger partial charge in [-0.3, -0.25) is 0 Å². The van der Waals surface area contributed by atoms with Crippen molar-refractivity contribution in [1.29, 1.82) is 0 Å². The van der Waals surface area contributed by atoms with Gasteiger partial charge in [-0.2, -0.15) is 0 Å². The maximum absolute atomic E-state index is 12.1. The van der Waals surface area contributed by atoms with Crippen LogP contribution in [-0.4, -0.2) is 16.7 Å². The summed E-state index contributed by atoms with van der Waals surface area (Å²) >= 11 is 0. The van der Waals surface area contributed by atoms with Crippen molar-refractivity contribution in [1.82, 2.24) is 0 Å². The molecule has 3 heteroatoms. The smallest absolute Gasteiger partial charge is 0.334 e. The van der Waals surface area contributed by atoms with Gasteiger partial charge in [-0.1, -0.05) is 36.2 Å². The number of carbonyl (C=O) groups excluding carboxylic acids is 1. The Morgan fingerprint density at radius 2 is 1.71 bits per heavy atom. The SMILES string of the molecule is CC1=C(C(O)c2ccc(C)cc2)C2(CCCCC2)OC1=O. The van der Waals surface area contributed by atoms with E-state index in [-0.39, 0.29) is 5.97 Å². The lowest BCUT2D eigenvalue weighted by molar-refractivity contribution is -0.149. The maximum Gasteiger partial charge on any atom is 0.334 e. The molecular formula is C18H22O3. The Kier molecular flexibility index (Phi) is 3.62. The summed E-state index contributed by atoms with van der Waals surface area (Å²) in [7, 11) is 0. The highest BCUT2D eigenvalue weighted by atomic mass is 16.6. The van der Waals surface area contributed by atoms with Crippen molar-refractivity contribution in [2.75, 3.05) is 0 Å². The van der Waals surface area contributed by atoms with Crippen molar-refractivity contribution < 1.29 is 14.6 Å². The molecule has 0 amide bonds. The van der Waals surface area contributed by atoms with Crippen LogP contribution in [0, 0.1) is 6.92 Å². The molecule has 1 aromatic carbocycles. The van der Waals surface area contributed by atoms with Gasteiger partial charge >= 0.3 is 5.97 Å². The van der Waals surface area contributed by atoms with Gasteiger partial charge in [-0.05, 0) is 45.1 Å². The molecule has 1 aromatic rings. The molecule has 1 fully saturated rings. The zero-order chi connectivity index (χ0) is 15.0. The third-order valence-corrected chi connectivity index (χ3v) is 4.82. The van der Waals surface area contributed by atoms with Gasteiger partial charge in [-0.25, -0.2) is 4.79 Å². The normalized spacial score (nSPS) is 22.5. The first-order chi connectivity index (χ1) is 10.0. The molecule has 21 heavy (non-hydrogen) atoms. The number of aliphatic hydroxyl groups excluding tert-OH is 1. The van der Waals surface area contributed by atoms with Crippen LogP contribution in [-0.2, 0) is 9.53 Å². The number of hydrogen-bond donors (Lipinski definition) is 1. The number of hydrogen-bond acceptors (Lipinski definition) is 3. The van der Waals surface area contributed by atoms with Gasteiger partial charge in [0.15, 0.2) is 0 Å². The summed E-state index contributed by atoms with van der Waals surface area (Å²) < 4.78 is 5.71. The van der Waals surface area contributed by atoms with Crippen molar-refractivity contribution in [3.05, 3.63) is 46.5 Å². The fourth-order valence-corrected chi connectivity index (χ4v) is 3.62. The molecule has 1 aliphatic heterocycles. The predicted molar refractivity (Wildman–Crippen MR) is 80.7 cm³/mol. The largest absolute Gasteiger partial charge is 0.451 e. The van der Waals surface area contributed by atoms with E-state index in [9.17, 15) is 9.90 Å². The van der Waals surface area contributed by atoms with Gasteiger partial charge in [0.1, 0.15) is 11.7 Å². The molecule has 0 aromatic heterocycles. The lowest BCUT2D eigenvalue weighted by Crippen LogP contribution is -2.36. The maximum atomic E-state index is 12.1. The second-order valence-electron chi connectivity index (χ2n) is 6.30. The Morgan fingerprint density at radius 1 is 1.10 bits per heavy atom. The van der Waals surface area contributed by atoms with Gasteiger partial charge in [-0.15, -0.1) is 0 Å². The topological polar surface area (TPSA) is 46.5 Å². The van der Waals surface area contributed by atoms with Crippen LogP contribution < -0.4 is 0 Å². The monoisotopic (exact) mass is 286 g/mol. The highest BCUT2D eigenvalue weighted by Crippen LogP contribution is 2.48. The third kappa shape index (κ3) is 2.40. The summed E-state index contributed by atoms with van der Waals surface area (Å²) in [6.45, 7) is 3.80. The number of ether oxygens (including phenoxy) is 1. The molecule has 0 bridgehead atoms. The number of aryl methyl sites for hydroxylation is 1. The Morgan fingerprint density at radius 3 is 2.33 bits per heavy atom. The summed E-state index contributed by atoms with van der Waals surface area (Å²) in [4.78, 5) is 12.1. The zero-order valence-corrected chi connectivity index (χ0v) is 12.7. The van der Waals surface area contributed by atoms with Crippen LogP contribution >= 0.6 is 0 Å². The molecule has 0 saturated heterocycles. The van der Waals surface area contributed by atoms with Gasteiger partial charge in [0.2, 0.25) is 0 Å². The first kappa shape index (κ1) is 14.3. The number of aliphatic hydroxyl groups is 1. The van der Waals surface area contributed by atoms with E-state index in [1.165, 1.54) is 6.42 Å². The molecule has 1 N–H and O–H groups in total. The van der Waals surface area contributed by atoms with Gasteiger partial charge < -0.3 is 9.84 Å². The Balaban J connectivity index is 2.00. The van der Waals surface area contributed by atoms with E-state index >= 15 is 0 Å².